The molecule has 0 radical (unpaired) electrons. The van der Waals surface area contributed by atoms with Gasteiger partial charge in [0, 0.05) is 19.0 Å². The summed E-state index contributed by atoms with van der Waals surface area (Å²) < 4.78 is 10.9. The smallest absolute Gasteiger partial charge is 0.229 e. The lowest BCUT2D eigenvalue weighted by Crippen LogP contribution is -2.25. The van der Waals surface area contributed by atoms with Crippen molar-refractivity contribution in [3.05, 3.63) is 18.1 Å². The second-order valence-electron chi connectivity index (χ2n) is 3.00. The average Bonchev–Trinajstić information content (AvgIpc) is 2.71. The Labute approximate surface area is 103 Å². The molecule has 0 fully saturated rings. The van der Waals surface area contributed by atoms with Crippen molar-refractivity contribution in [2.45, 2.75) is 12.8 Å². The third-order valence-electron chi connectivity index (χ3n) is 1.95. The summed E-state index contributed by atoms with van der Waals surface area (Å²) in [6.07, 6.45) is 3.24. The highest BCUT2D eigenvalue weighted by molar-refractivity contribution is 14.1. The Morgan fingerprint density at radius 2 is 2.47 bits per heavy atom. The molecule has 1 aromatic heterocycles. The van der Waals surface area contributed by atoms with Gasteiger partial charge in [0.05, 0.1) is 17.8 Å². The lowest BCUT2D eigenvalue weighted by Gasteiger charge is -2.03. The van der Waals surface area contributed by atoms with Crippen LogP contribution in [0.3, 0.4) is 0 Å². The molecule has 0 aliphatic carbocycles. The van der Waals surface area contributed by atoms with Crippen molar-refractivity contribution in [2.24, 2.45) is 0 Å². The van der Waals surface area contributed by atoms with Gasteiger partial charge in [-0.15, -0.1) is 0 Å². The Morgan fingerprint density at radius 3 is 3.13 bits per heavy atom. The topological polar surface area (TPSA) is 51.5 Å². The molecule has 0 aromatic carbocycles. The van der Waals surface area contributed by atoms with Crippen LogP contribution in [0.2, 0.25) is 0 Å². The standard InChI is InChI=1S/C10H14INO3/c1-14-8-4-6-15-9(8)3-2-5-12-10(13)7-11/h4,6H,2-3,5,7H2,1H3,(H,12,13). The highest BCUT2D eigenvalue weighted by atomic mass is 127. The van der Waals surface area contributed by atoms with Crippen LogP contribution in [-0.4, -0.2) is 24.0 Å². The van der Waals surface area contributed by atoms with E-state index in [0.29, 0.717) is 11.0 Å². The zero-order valence-corrected chi connectivity index (χ0v) is 10.7. The van der Waals surface area contributed by atoms with Gasteiger partial charge in [0.2, 0.25) is 5.91 Å². The molecule has 0 spiro atoms. The molecular formula is C10H14INO3. The minimum Gasteiger partial charge on any atom is -0.493 e. The summed E-state index contributed by atoms with van der Waals surface area (Å²) in [5.74, 6) is 1.68. The van der Waals surface area contributed by atoms with Crippen molar-refractivity contribution in [1.82, 2.24) is 5.32 Å². The van der Waals surface area contributed by atoms with Crippen LogP contribution in [0.15, 0.2) is 16.7 Å². The Hall–Kier alpha value is -0.720. The lowest BCUT2D eigenvalue weighted by atomic mass is 10.2. The Bertz CT molecular complexity index is 311. The molecule has 4 nitrogen and oxygen atoms in total. The number of rotatable bonds is 6. The molecule has 5 heteroatoms. The van der Waals surface area contributed by atoms with Gasteiger partial charge in [-0.2, -0.15) is 0 Å². The molecule has 0 aliphatic heterocycles. The molecule has 1 amide bonds. The number of aryl methyl sites for hydroxylation is 1. The fourth-order valence-electron chi connectivity index (χ4n) is 1.22. The number of alkyl halides is 1. The summed E-state index contributed by atoms with van der Waals surface area (Å²) in [4.78, 5) is 10.9. The number of hydrogen-bond acceptors (Lipinski definition) is 3. The summed E-state index contributed by atoms with van der Waals surface area (Å²) in [6.45, 7) is 0.672. The maximum absolute atomic E-state index is 10.9. The Morgan fingerprint density at radius 1 is 1.67 bits per heavy atom. The van der Waals surface area contributed by atoms with E-state index in [1.807, 2.05) is 22.6 Å². The number of hydrogen-bond donors (Lipinski definition) is 1. The van der Waals surface area contributed by atoms with E-state index in [1.165, 1.54) is 0 Å². The fraction of sp³-hybridized carbons (Fsp3) is 0.500. The average molecular weight is 323 g/mol. The fourth-order valence-corrected chi connectivity index (χ4v) is 1.49. The van der Waals surface area contributed by atoms with Crippen LogP contribution in [0.25, 0.3) is 0 Å². The Kier molecular flexibility index (Phi) is 5.52. The predicted octanol–water partition coefficient (Wildman–Crippen LogP) is 1.77. The summed E-state index contributed by atoms with van der Waals surface area (Å²) in [7, 11) is 1.62. The van der Waals surface area contributed by atoms with Crippen LogP contribution in [0, 0.1) is 0 Å². The minimum atomic E-state index is 0.0713. The van der Waals surface area contributed by atoms with Gasteiger partial charge in [-0.1, -0.05) is 22.6 Å². The molecule has 1 N–H and O–H groups in total. The zero-order chi connectivity index (χ0) is 11.1. The number of carbonyl (C=O) groups excluding carboxylic acids is 1. The third kappa shape index (κ3) is 4.11. The molecular weight excluding hydrogens is 309 g/mol. The summed E-state index contributed by atoms with van der Waals surface area (Å²) in [5, 5.41) is 2.80. The van der Waals surface area contributed by atoms with Crippen LogP contribution < -0.4 is 10.1 Å². The Balaban J connectivity index is 2.23. The van der Waals surface area contributed by atoms with Crippen molar-refractivity contribution >= 4 is 28.5 Å². The van der Waals surface area contributed by atoms with E-state index in [9.17, 15) is 4.79 Å². The van der Waals surface area contributed by atoms with Crippen molar-refractivity contribution < 1.29 is 13.9 Å². The van der Waals surface area contributed by atoms with Crippen molar-refractivity contribution in [3.63, 3.8) is 0 Å². The van der Waals surface area contributed by atoms with Crippen LogP contribution in [-0.2, 0) is 11.2 Å². The minimum absolute atomic E-state index is 0.0713. The van der Waals surface area contributed by atoms with Gasteiger partial charge in [0.25, 0.3) is 0 Å². The van der Waals surface area contributed by atoms with Crippen molar-refractivity contribution in [1.29, 1.82) is 0 Å². The lowest BCUT2D eigenvalue weighted by molar-refractivity contribution is -0.118. The molecule has 0 saturated carbocycles. The van der Waals surface area contributed by atoms with Crippen LogP contribution in [0.5, 0.6) is 5.75 Å². The second kappa shape index (κ2) is 6.71. The highest BCUT2D eigenvalue weighted by Gasteiger charge is 2.05. The van der Waals surface area contributed by atoms with Gasteiger partial charge in [-0.05, 0) is 6.42 Å². The highest BCUT2D eigenvalue weighted by Crippen LogP contribution is 2.20. The van der Waals surface area contributed by atoms with Crippen LogP contribution >= 0.6 is 22.6 Å². The molecule has 0 saturated heterocycles. The van der Waals surface area contributed by atoms with E-state index in [2.05, 4.69) is 5.32 Å². The SMILES string of the molecule is COc1ccoc1CCCNC(=O)CI. The number of halogens is 1. The van der Waals surface area contributed by atoms with Crippen LogP contribution in [0.1, 0.15) is 12.2 Å². The maximum Gasteiger partial charge on any atom is 0.229 e. The molecule has 0 aliphatic rings. The summed E-state index contributed by atoms with van der Waals surface area (Å²) >= 11 is 2.04. The van der Waals surface area contributed by atoms with Crippen molar-refractivity contribution in [3.8, 4) is 5.75 Å². The largest absolute Gasteiger partial charge is 0.493 e. The van der Waals surface area contributed by atoms with Gasteiger partial charge in [-0.25, -0.2) is 0 Å². The molecule has 1 aromatic rings. The quantitative estimate of drug-likeness (QED) is 0.493. The first-order valence-corrected chi connectivity index (χ1v) is 6.23. The molecule has 1 heterocycles. The monoisotopic (exact) mass is 323 g/mol. The van der Waals surface area contributed by atoms with E-state index in [-0.39, 0.29) is 5.91 Å². The number of amides is 1. The molecule has 1 rings (SSSR count). The van der Waals surface area contributed by atoms with E-state index in [0.717, 1.165) is 24.4 Å². The van der Waals surface area contributed by atoms with Gasteiger partial charge in [-0.3, -0.25) is 4.79 Å². The van der Waals surface area contributed by atoms with Gasteiger partial charge in [0.15, 0.2) is 5.75 Å². The first-order valence-electron chi connectivity index (χ1n) is 4.71. The first-order chi connectivity index (χ1) is 7.27. The van der Waals surface area contributed by atoms with Gasteiger partial charge < -0.3 is 14.5 Å². The van der Waals surface area contributed by atoms with E-state index >= 15 is 0 Å². The van der Waals surface area contributed by atoms with Crippen molar-refractivity contribution in [2.75, 3.05) is 18.1 Å². The molecule has 0 unspecified atom stereocenters. The van der Waals surface area contributed by atoms with E-state index in [1.54, 1.807) is 19.4 Å². The second-order valence-corrected chi connectivity index (χ2v) is 3.76. The number of furan rings is 1. The number of methoxy groups -OCH3 is 1. The zero-order valence-electron chi connectivity index (χ0n) is 8.59. The molecule has 84 valence electrons. The first kappa shape index (κ1) is 12.4. The van der Waals surface area contributed by atoms with Gasteiger partial charge >= 0.3 is 0 Å². The van der Waals surface area contributed by atoms with E-state index < -0.39 is 0 Å². The maximum atomic E-state index is 10.9. The number of ether oxygens (including phenoxy) is 1. The normalized spacial score (nSPS) is 10.0. The summed E-state index contributed by atoms with van der Waals surface area (Å²) in [5.41, 5.74) is 0. The van der Waals surface area contributed by atoms with Crippen LogP contribution in [0.4, 0.5) is 0 Å². The third-order valence-corrected chi connectivity index (χ3v) is 2.64. The molecule has 0 bridgehead atoms. The molecule has 0 atom stereocenters. The number of nitrogens with one attached hydrogen (secondary N) is 1. The van der Waals surface area contributed by atoms with Gasteiger partial charge in [0.1, 0.15) is 5.76 Å². The van der Waals surface area contributed by atoms with E-state index in [4.69, 9.17) is 9.15 Å². The number of carbonyl (C=O) groups is 1. The molecule has 15 heavy (non-hydrogen) atoms. The predicted molar refractivity (Wildman–Crippen MR) is 65.5 cm³/mol. The summed E-state index contributed by atoms with van der Waals surface area (Å²) in [6, 6.07) is 1.79.